The summed E-state index contributed by atoms with van der Waals surface area (Å²) in [7, 11) is 0. The number of para-hydroxylation sites is 2. The molecular weight excluding hydrogens is 697 g/mol. The molecule has 0 saturated carbocycles. The molecule has 0 amide bonds. The zero-order valence-corrected chi connectivity index (χ0v) is 31.9. The quantitative estimate of drug-likeness (QED) is 0.161. The lowest BCUT2D eigenvalue weighted by atomic mass is 9.74. The molecule has 1 heterocycles. The van der Waals surface area contributed by atoms with Gasteiger partial charge in [-0.1, -0.05) is 121 Å². The highest BCUT2D eigenvalue weighted by atomic mass is 32.1. The summed E-state index contributed by atoms with van der Waals surface area (Å²) in [6, 6.07) is 71.8. The zero-order valence-electron chi connectivity index (χ0n) is 31.1. The molecule has 0 radical (unpaired) electrons. The predicted molar refractivity (Wildman–Crippen MR) is 238 cm³/mol. The molecule has 3 heteroatoms. The molecule has 0 bridgehead atoms. The van der Waals surface area contributed by atoms with Crippen molar-refractivity contribution in [3.8, 4) is 11.1 Å². The standard InChI is InChI=1S/C53H40N2S/c1-4-15-37(16-5-1)40-19-12-24-43(35-40)55(44-29-30-50-46(36-44)45-25-10-11-28-49(45)56-50)48-27-14-18-39-32-34-53(52(39)48)33-31-38-17-13-26-47(51(38)53)54(41-20-6-2-7-21-41)42-22-8-3-9-23-42/h1-30,35-36H,31-34H2/t53-/m1/s1. The van der Waals surface area contributed by atoms with Gasteiger partial charge in [0.1, 0.15) is 0 Å². The van der Waals surface area contributed by atoms with Crippen LogP contribution < -0.4 is 9.80 Å². The number of hydrogen-bond donors (Lipinski definition) is 0. The SMILES string of the molecule is c1ccc(-c2cccc(N(c3ccc4sc5ccccc5c4c3)c3cccc4c3[C@]3(CCc5cccc(N(c6ccccc6)c6ccccc6)c53)CC4)c2)cc1. The maximum atomic E-state index is 2.57. The largest absolute Gasteiger partial charge is 0.310 e. The third-order valence-corrected chi connectivity index (χ3v) is 13.3. The van der Waals surface area contributed by atoms with E-state index in [0.717, 1.165) is 25.7 Å². The number of hydrogen-bond acceptors (Lipinski definition) is 3. The first kappa shape index (κ1) is 33.0. The normalized spacial score (nSPS) is 15.6. The maximum absolute atomic E-state index is 2.57. The van der Waals surface area contributed by atoms with Gasteiger partial charge in [0.2, 0.25) is 0 Å². The second-order valence-corrected chi connectivity index (χ2v) is 16.3. The Balaban J connectivity index is 1.15. The molecule has 8 aromatic carbocycles. The Kier molecular flexibility index (Phi) is 7.89. The molecule has 0 aliphatic heterocycles. The highest BCUT2D eigenvalue weighted by molar-refractivity contribution is 7.25. The van der Waals surface area contributed by atoms with Crippen LogP contribution in [0.5, 0.6) is 0 Å². The number of thiophene rings is 1. The van der Waals surface area contributed by atoms with Crippen molar-refractivity contribution in [2.45, 2.75) is 31.1 Å². The Morgan fingerprint density at radius 3 is 1.54 bits per heavy atom. The van der Waals surface area contributed by atoms with E-state index in [9.17, 15) is 0 Å². The van der Waals surface area contributed by atoms with Crippen LogP contribution in [0.4, 0.5) is 34.1 Å². The average molecular weight is 737 g/mol. The van der Waals surface area contributed by atoms with Gasteiger partial charge in [-0.25, -0.2) is 0 Å². The first-order chi connectivity index (χ1) is 27.7. The van der Waals surface area contributed by atoms with Crippen molar-refractivity contribution in [1.82, 2.24) is 0 Å². The van der Waals surface area contributed by atoms with Crippen molar-refractivity contribution >= 4 is 65.6 Å². The number of anilines is 6. The van der Waals surface area contributed by atoms with Crippen LogP contribution in [0.2, 0.25) is 0 Å². The van der Waals surface area contributed by atoms with E-state index in [1.807, 2.05) is 11.3 Å². The summed E-state index contributed by atoms with van der Waals surface area (Å²) >= 11 is 1.88. The molecule has 2 aliphatic carbocycles. The van der Waals surface area contributed by atoms with E-state index in [1.165, 1.54) is 87.7 Å². The molecule has 2 nitrogen and oxygen atoms in total. The minimum atomic E-state index is -0.145. The lowest BCUT2D eigenvalue weighted by Crippen LogP contribution is -2.27. The minimum absolute atomic E-state index is 0.145. The Labute approximate surface area is 332 Å². The van der Waals surface area contributed by atoms with Gasteiger partial charge in [0.25, 0.3) is 0 Å². The Morgan fingerprint density at radius 1 is 0.375 bits per heavy atom. The minimum Gasteiger partial charge on any atom is -0.310 e. The summed E-state index contributed by atoms with van der Waals surface area (Å²) in [5, 5.41) is 2.63. The first-order valence-electron chi connectivity index (χ1n) is 19.8. The van der Waals surface area contributed by atoms with Gasteiger partial charge in [0, 0.05) is 48.3 Å². The van der Waals surface area contributed by atoms with Crippen molar-refractivity contribution in [1.29, 1.82) is 0 Å². The fourth-order valence-corrected chi connectivity index (χ4v) is 10.9. The second kappa shape index (κ2) is 13.4. The van der Waals surface area contributed by atoms with E-state index in [1.54, 1.807) is 0 Å². The molecule has 11 rings (SSSR count). The van der Waals surface area contributed by atoms with Crippen LogP contribution in [0.1, 0.15) is 35.1 Å². The van der Waals surface area contributed by atoms with E-state index >= 15 is 0 Å². The molecule has 268 valence electrons. The van der Waals surface area contributed by atoms with Crippen LogP contribution in [0, 0.1) is 0 Å². The molecule has 9 aromatic rings. The summed E-state index contributed by atoms with van der Waals surface area (Å²) in [6.07, 6.45) is 4.30. The molecule has 0 unspecified atom stereocenters. The summed E-state index contributed by atoms with van der Waals surface area (Å²) in [6.45, 7) is 0. The molecule has 0 fully saturated rings. The van der Waals surface area contributed by atoms with Gasteiger partial charge < -0.3 is 9.80 Å². The Bertz CT molecular complexity index is 2840. The molecule has 1 spiro atoms. The third-order valence-electron chi connectivity index (χ3n) is 12.2. The smallest absolute Gasteiger partial charge is 0.0505 e. The third kappa shape index (κ3) is 5.30. The van der Waals surface area contributed by atoms with Crippen molar-refractivity contribution in [3.63, 3.8) is 0 Å². The van der Waals surface area contributed by atoms with Gasteiger partial charge in [-0.15, -0.1) is 11.3 Å². The van der Waals surface area contributed by atoms with Crippen molar-refractivity contribution in [2.75, 3.05) is 9.80 Å². The van der Waals surface area contributed by atoms with Gasteiger partial charge in [-0.05, 0) is 132 Å². The molecule has 0 saturated heterocycles. The highest BCUT2D eigenvalue weighted by Crippen LogP contribution is 2.60. The molecule has 1 atom stereocenters. The van der Waals surface area contributed by atoms with Crippen molar-refractivity contribution in [3.05, 3.63) is 216 Å². The summed E-state index contributed by atoms with van der Waals surface area (Å²) < 4.78 is 2.65. The number of fused-ring (bicyclic) bond motifs is 7. The second-order valence-electron chi connectivity index (χ2n) is 15.2. The zero-order chi connectivity index (χ0) is 37.1. The molecular formula is C53H40N2S. The van der Waals surface area contributed by atoms with E-state index in [-0.39, 0.29) is 5.41 Å². The van der Waals surface area contributed by atoms with Crippen molar-refractivity contribution in [2.24, 2.45) is 0 Å². The number of rotatable bonds is 7. The number of nitrogens with zero attached hydrogens (tertiary/aromatic N) is 2. The van der Waals surface area contributed by atoms with Gasteiger partial charge in [0.05, 0.1) is 11.4 Å². The van der Waals surface area contributed by atoms with Crippen LogP contribution in [0.25, 0.3) is 31.3 Å². The Morgan fingerprint density at radius 2 is 0.875 bits per heavy atom. The lowest BCUT2D eigenvalue weighted by Gasteiger charge is -2.37. The molecule has 0 N–H and O–H groups in total. The van der Waals surface area contributed by atoms with Crippen molar-refractivity contribution < 1.29 is 0 Å². The van der Waals surface area contributed by atoms with E-state index < -0.39 is 0 Å². The first-order valence-corrected chi connectivity index (χ1v) is 20.6. The van der Waals surface area contributed by atoms with Gasteiger partial charge in [0.15, 0.2) is 0 Å². The number of aryl methyl sites for hydroxylation is 2. The molecule has 56 heavy (non-hydrogen) atoms. The summed E-state index contributed by atoms with van der Waals surface area (Å²) in [5.74, 6) is 0. The number of benzene rings is 8. The summed E-state index contributed by atoms with van der Waals surface area (Å²) in [4.78, 5) is 5.06. The van der Waals surface area contributed by atoms with E-state index in [4.69, 9.17) is 0 Å². The fraction of sp³-hybridized carbons (Fsp3) is 0.0943. The molecule has 1 aromatic heterocycles. The van der Waals surface area contributed by atoms with Gasteiger partial charge in [-0.3, -0.25) is 0 Å². The van der Waals surface area contributed by atoms with Crippen LogP contribution in [-0.2, 0) is 18.3 Å². The van der Waals surface area contributed by atoms with Crippen LogP contribution in [0.3, 0.4) is 0 Å². The van der Waals surface area contributed by atoms with E-state index in [2.05, 4.69) is 204 Å². The average Bonchev–Trinajstić information content (AvgIpc) is 3.96. The van der Waals surface area contributed by atoms with Crippen LogP contribution in [-0.4, -0.2) is 0 Å². The topological polar surface area (TPSA) is 6.48 Å². The predicted octanol–water partition coefficient (Wildman–Crippen LogP) is 14.8. The lowest BCUT2D eigenvalue weighted by molar-refractivity contribution is 0.508. The molecule has 2 aliphatic rings. The van der Waals surface area contributed by atoms with Crippen LogP contribution >= 0.6 is 11.3 Å². The summed E-state index contributed by atoms with van der Waals surface area (Å²) in [5.41, 5.74) is 15.4. The van der Waals surface area contributed by atoms with Gasteiger partial charge in [-0.2, -0.15) is 0 Å². The van der Waals surface area contributed by atoms with Gasteiger partial charge >= 0.3 is 0 Å². The van der Waals surface area contributed by atoms with Crippen LogP contribution in [0.15, 0.2) is 194 Å². The Hall–Kier alpha value is -6.42. The fourth-order valence-electron chi connectivity index (χ4n) is 9.83. The monoisotopic (exact) mass is 736 g/mol. The maximum Gasteiger partial charge on any atom is 0.0505 e. The van der Waals surface area contributed by atoms with E-state index in [0.29, 0.717) is 0 Å². The highest BCUT2D eigenvalue weighted by Gasteiger charge is 2.49.